The summed E-state index contributed by atoms with van der Waals surface area (Å²) in [6, 6.07) is 5.26. The van der Waals surface area contributed by atoms with Crippen LogP contribution in [0.4, 0.5) is 5.00 Å². The molecule has 2 aromatic rings. The fourth-order valence-electron chi connectivity index (χ4n) is 3.05. The molecule has 0 saturated heterocycles. The van der Waals surface area contributed by atoms with Crippen LogP contribution in [0.15, 0.2) is 23.2 Å². The molecule has 0 saturated carbocycles. The summed E-state index contributed by atoms with van der Waals surface area (Å²) >= 11 is 1.52. The molecule has 1 aliphatic rings. The number of aliphatic imine (C=N–C) groups is 1. The number of thiophene rings is 1. The molecule has 138 valence electrons. The zero-order valence-corrected chi connectivity index (χ0v) is 16.0. The van der Waals surface area contributed by atoms with E-state index in [1.165, 1.54) is 28.2 Å². The van der Waals surface area contributed by atoms with Crippen molar-refractivity contribution in [3.05, 3.63) is 39.8 Å². The Morgan fingerprint density at radius 2 is 2.27 bits per heavy atom. The second-order valence-electron chi connectivity index (χ2n) is 6.19. The molecule has 1 aromatic heterocycles. The summed E-state index contributed by atoms with van der Waals surface area (Å²) in [5.41, 5.74) is 2.14. The first-order valence-electron chi connectivity index (χ1n) is 8.58. The highest BCUT2D eigenvalue weighted by molar-refractivity contribution is 7.16. The molecule has 26 heavy (non-hydrogen) atoms. The summed E-state index contributed by atoms with van der Waals surface area (Å²) in [7, 11) is 3.53. The van der Waals surface area contributed by atoms with Gasteiger partial charge in [0, 0.05) is 18.2 Å². The third-order valence-corrected chi connectivity index (χ3v) is 5.52. The number of para-hydroxylation sites is 1. The van der Waals surface area contributed by atoms with E-state index in [4.69, 9.17) is 9.47 Å². The number of phenolic OH excluding ortho intramolecular Hbond substituents is 1. The first-order valence-corrected chi connectivity index (χ1v) is 9.39. The van der Waals surface area contributed by atoms with Crippen molar-refractivity contribution < 1.29 is 24.3 Å². The van der Waals surface area contributed by atoms with Crippen molar-refractivity contribution in [1.82, 2.24) is 0 Å². The predicted molar refractivity (Wildman–Crippen MR) is 101 cm³/mol. The van der Waals surface area contributed by atoms with Crippen LogP contribution in [0.25, 0.3) is 0 Å². The number of esters is 1. The fourth-order valence-corrected chi connectivity index (χ4v) is 4.35. The van der Waals surface area contributed by atoms with Crippen molar-refractivity contribution in [3.8, 4) is 11.5 Å². The summed E-state index contributed by atoms with van der Waals surface area (Å²) in [5, 5.41) is 10.9. The Morgan fingerprint density at radius 1 is 1.46 bits per heavy atom. The molecule has 1 aromatic carbocycles. The molecule has 3 rings (SSSR count). The Morgan fingerprint density at radius 3 is 3.00 bits per heavy atom. The highest BCUT2D eigenvalue weighted by Gasteiger charge is 2.29. The van der Waals surface area contributed by atoms with E-state index in [0.717, 1.165) is 25.1 Å². The second-order valence-corrected chi connectivity index (χ2v) is 7.28. The molecule has 2 heterocycles. The molecule has 0 amide bonds. The molecule has 1 atom stereocenters. The number of rotatable bonds is 5. The summed E-state index contributed by atoms with van der Waals surface area (Å²) in [4.78, 5) is 19.4. The smallest absolute Gasteiger partial charge is 0.341 e. The number of ether oxygens (including phenoxy) is 2. The Bertz CT molecular complexity index is 844. The van der Waals surface area contributed by atoms with Gasteiger partial charge >= 0.3 is 5.97 Å². The third kappa shape index (κ3) is 3.59. The summed E-state index contributed by atoms with van der Waals surface area (Å²) in [5.74, 6) is 0.102. The van der Waals surface area contributed by atoms with Crippen LogP contribution in [-0.2, 0) is 17.7 Å². The molecule has 6 nitrogen and oxygen atoms in total. The number of methoxy groups -OCH3 is 1. The maximum absolute atomic E-state index is 12.3. The highest BCUT2D eigenvalue weighted by atomic mass is 32.1. The molecule has 0 radical (unpaired) electrons. The minimum Gasteiger partial charge on any atom is -0.504 e. The Balaban J connectivity index is 1.98. The van der Waals surface area contributed by atoms with E-state index in [2.05, 4.69) is 12.0 Å². The van der Waals surface area contributed by atoms with E-state index in [-0.39, 0.29) is 11.7 Å². The van der Waals surface area contributed by atoms with Crippen LogP contribution in [0, 0.1) is 0 Å². The number of quaternary nitrogens is 1. The van der Waals surface area contributed by atoms with Crippen LogP contribution in [-0.4, -0.2) is 44.6 Å². The number of likely N-dealkylation sites (N-methyl/N-ethyl adjacent to an activating group) is 1. The van der Waals surface area contributed by atoms with Crippen molar-refractivity contribution >= 4 is 28.5 Å². The number of aromatic hydroxyl groups is 1. The maximum atomic E-state index is 12.3. The van der Waals surface area contributed by atoms with Gasteiger partial charge in [0.2, 0.25) is 0 Å². The summed E-state index contributed by atoms with van der Waals surface area (Å²) in [6.45, 7) is 4.19. The molecule has 1 aliphatic heterocycles. The van der Waals surface area contributed by atoms with Gasteiger partial charge in [-0.15, -0.1) is 11.3 Å². The molecule has 7 heteroatoms. The molecule has 0 aliphatic carbocycles. The average molecular weight is 375 g/mol. The molecule has 1 unspecified atom stereocenters. The first kappa shape index (κ1) is 18.4. The fraction of sp³-hybridized carbons (Fsp3) is 0.368. The quantitative estimate of drug-likeness (QED) is 0.619. The largest absolute Gasteiger partial charge is 0.504 e. The van der Waals surface area contributed by atoms with E-state index in [0.29, 0.717) is 28.5 Å². The summed E-state index contributed by atoms with van der Waals surface area (Å²) in [6.07, 6.45) is 2.40. The first-order chi connectivity index (χ1) is 12.5. The van der Waals surface area contributed by atoms with Gasteiger partial charge in [-0.3, -0.25) is 0 Å². The van der Waals surface area contributed by atoms with Crippen LogP contribution >= 0.6 is 11.3 Å². The number of fused-ring (bicyclic) bond motifs is 1. The van der Waals surface area contributed by atoms with Gasteiger partial charge in [-0.05, 0) is 24.6 Å². The number of carbonyl (C=O) groups excluding carboxylic acids is 1. The third-order valence-electron chi connectivity index (χ3n) is 4.38. The van der Waals surface area contributed by atoms with E-state index >= 15 is 0 Å². The van der Waals surface area contributed by atoms with Crippen molar-refractivity contribution in [2.75, 3.05) is 27.3 Å². The lowest BCUT2D eigenvalue weighted by atomic mass is 10.0. The van der Waals surface area contributed by atoms with E-state index in [1.54, 1.807) is 24.4 Å². The van der Waals surface area contributed by atoms with Crippen LogP contribution in [0.5, 0.6) is 11.5 Å². The average Bonchev–Trinajstić information content (AvgIpc) is 2.99. The molecule has 2 N–H and O–H groups in total. The second kappa shape index (κ2) is 7.88. The van der Waals surface area contributed by atoms with Gasteiger partial charge in [0.25, 0.3) is 0 Å². The van der Waals surface area contributed by atoms with Crippen LogP contribution in [0.2, 0.25) is 0 Å². The zero-order valence-electron chi connectivity index (χ0n) is 15.2. The molecular weight excluding hydrogens is 352 g/mol. The number of benzene rings is 1. The lowest BCUT2D eigenvalue weighted by molar-refractivity contribution is -0.895. The molecule has 0 spiro atoms. The number of carbonyl (C=O) groups is 1. The van der Waals surface area contributed by atoms with Crippen molar-refractivity contribution in [2.45, 2.75) is 19.9 Å². The van der Waals surface area contributed by atoms with Crippen molar-refractivity contribution in [3.63, 3.8) is 0 Å². The number of phenols is 1. The number of hydrogen-bond acceptors (Lipinski definition) is 6. The Labute approximate surface area is 156 Å². The summed E-state index contributed by atoms with van der Waals surface area (Å²) < 4.78 is 10.4. The van der Waals surface area contributed by atoms with Gasteiger partial charge in [0.05, 0.1) is 32.2 Å². The van der Waals surface area contributed by atoms with E-state index in [9.17, 15) is 9.90 Å². The van der Waals surface area contributed by atoms with Gasteiger partial charge in [-0.1, -0.05) is 6.07 Å². The molecular formula is C19H23N2O4S+. The maximum Gasteiger partial charge on any atom is 0.341 e. The Kier molecular flexibility index (Phi) is 5.58. The number of nitrogens with one attached hydrogen (secondary N) is 1. The molecule has 0 fully saturated rings. The van der Waals surface area contributed by atoms with E-state index in [1.807, 2.05) is 6.92 Å². The topological polar surface area (TPSA) is 72.6 Å². The van der Waals surface area contributed by atoms with Crippen molar-refractivity contribution in [1.29, 1.82) is 0 Å². The minimum atomic E-state index is -0.360. The minimum absolute atomic E-state index is 0.0446. The predicted octanol–water partition coefficient (Wildman–Crippen LogP) is 1.96. The van der Waals surface area contributed by atoms with Crippen LogP contribution in [0.3, 0.4) is 0 Å². The van der Waals surface area contributed by atoms with Gasteiger partial charge < -0.3 is 19.5 Å². The monoisotopic (exact) mass is 375 g/mol. The highest BCUT2D eigenvalue weighted by Crippen LogP contribution is 2.37. The lowest BCUT2D eigenvalue weighted by Crippen LogP contribution is -3.08. The van der Waals surface area contributed by atoms with Gasteiger partial charge in [-0.25, -0.2) is 9.79 Å². The standard InChI is InChI=1S/C19H22N2O4S/c1-4-25-14-7-5-6-12(17(14)22)10-20-18-16(19(23)24-3)13-8-9-21(2)11-15(13)26-18/h5-7,10,22H,4,8-9,11H2,1-3H3/p+1/b20-10+. The van der Waals surface area contributed by atoms with Gasteiger partial charge in [-0.2, -0.15) is 0 Å². The normalized spacial score (nSPS) is 16.5. The van der Waals surface area contributed by atoms with Gasteiger partial charge in [0.1, 0.15) is 17.1 Å². The van der Waals surface area contributed by atoms with Crippen molar-refractivity contribution in [2.24, 2.45) is 4.99 Å². The SMILES string of the molecule is CCOc1cccc(/C=N/c2sc3c(c2C(=O)OC)CC[NH+](C)C3)c1O. The van der Waals surface area contributed by atoms with Crippen LogP contribution < -0.4 is 9.64 Å². The Hall–Kier alpha value is -2.38. The van der Waals surface area contributed by atoms with E-state index < -0.39 is 0 Å². The number of nitrogens with zero attached hydrogens (tertiary/aromatic N) is 1. The van der Waals surface area contributed by atoms with Gasteiger partial charge in [0.15, 0.2) is 11.5 Å². The lowest BCUT2D eigenvalue weighted by Gasteiger charge is -2.19. The van der Waals surface area contributed by atoms with Crippen LogP contribution in [0.1, 0.15) is 33.3 Å². The zero-order chi connectivity index (χ0) is 18.7. The molecule has 0 bridgehead atoms. The number of hydrogen-bond donors (Lipinski definition) is 2.